The van der Waals surface area contributed by atoms with Gasteiger partial charge >= 0.3 is 0 Å². The molecule has 2 aromatic rings. The van der Waals surface area contributed by atoms with Crippen LogP contribution < -0.4 is 19.5 Å². The van der Waals surface area contributed by atoms with Crippen molar-refractivity contribution < 1.29 is 19.0 Å². The van der Waals surface area contributed by atoms with E-state index in [2.05, 4.69) is 4.72 Å². The lowest BCUT2D eigenvalue weighted by molar-refractivity contribution is -0.117. The number of halogens is 1. The Balaban J connectivity index is 2.06. The Morgan fingerprint density at radius 2 is 2.27 bits per heavy atom. The van der Waals surface area contributed by atoms with Crippen molar-refractivity contribution in [3.8, 4) is 11.5 Å². The van der Waals surface area contributed by atoms with Crippen LogP contribution in [0.15, 0.2) is 24.3 Å². The highest BCUT2D eigenvalue weighted by atomic mass is 32.2. The van der Waals surface area contributed by atoms with E-state index < -0.39 is 5.82 Å². The van der Waals surface area contributed by atoms with Gasteiger partial charge in [0.1, 0.15) is 30.3 Å². The lowest BCUT2D eigenvalue weighted by Crippen LogP contribution is -2.16. The van der Waals surface area contributed by atoms with E-state index in [9.17, 15) is 14.3 Å². The maximum atomic E-state index is 14.8. The van der Waals surface area contributed by atoms with Crippen molar-refractivity contribution in [2.45, 2.75) is 0 Å². The third kappa shape index (κ3) is 2.62. The Bertz CT molecular complexity index is 741. The average Bonchev–Trinajstić information content (AvgIpc) is 2.91. The number of anilines is 1. The van der Waals surface area contributed by atoms with Crippen LogP contribution in [0.4, 0.5) is 10.1 Å². The Kier molecular flexibility index (Phi) is 3.95. The summed E-state index contributed by atoms with van der Waals surface area (Å²) in [4.78, 5) is 11.3. The zero-order chi connectivity index (χ0) is 15.7. The zero-order valence-electron chi connectivity index (χ0n) is 11.5. The number of carbonyl (C=O) groups excluding carboxylic acids is 1. The van der Waals surface area contributed by atoms with Crippen LogP contribution in [-0.4, -0.2) is 30.7 Å². The summed E-state index contributed by atoms with van der Waals surface area (Å²) in [6.07, 6.45) is 0. The van der Waals surface area contributed by atoms with Gasteiger partial charge in [0.05, 0.1) is 12.1 Å². The summed E-state index contributed by atoms with van der Waals surface area (Å²) in [5, 5.41) is 10.9. The first-order chi connectivity index (χ1) is 10.6. The van der Waals surface area contributed by atoms with Gasteiger partial charge in [0.25, 0.3) is 5.91 Å². The van der Waals surface area contributed by atoms with Crippen molar-refractivity contribution >= 4 is 34.5 Å². The van der Waals surface area contributed by atoms with Gasteiger partial charge in [-0.3, -0.25) is 13.8 Å². The molecule has 116 valence electrons. The summed E-state index contributed by atoms with van der Waals surface area (Å²) in [6.45, 7) is 0.669. The smallest absolute Gasteiger partial charge is 0.251 e. The van der Waals surface area contributed by atoms with Crippen LogP contribution in [0.1, 0.15) is 0 Å². The van der Waals surface area contributed by atoms with Crippen molar-refractivity contribution in [1.29, 1.82) is 0 Å². The molecule has 0 spiro atoms. The number of carbonyl (C=O) groups is 1. The molecule has 3 rings (SSSR count). The number of hydrogen-bond donors (Lipinski definition) is 3. The van der Waals surface area contributed by atoms with E-state index >= 15 is 0 Å². The fraction of sp³-hybridized carbons (Fsp3) is 0.214. The number of fused-ring (bicyclic) bond motifs is 1. The highest BCUT2D eigenvalue weighted by Gasteiger charge is 2.27. The zero-order valence-corrected chi connectivity index (χ0v) is 12.3. The van der Waals surface area contributed by atoms with E-state index in [1.54, 1.807) is 18.2 Å². The van der Waals surface area contributed by atoms with Gasteiger partial charge in [-0.2, -0.15) is 0 Å². The van der Waals surface area contributed by atoms with Crippen LogP contribution in [0.5, 0.6) is 11.5 Å². The molecule has 0 atom stereocenters. The van der Waals surface area contributed by atoms with Crippen molar-refractivity contribution in [3.05, 3.63) is 30.1 Å². The Labute approximate surface area is 130 Å². The van der Waals surface area contributed by atoms with Crippen LogP contribution in [0.3, 0.4) is 0 Å². The predicted octanol–water partition coefficient (Wildman–Crippen LogP) is 1.52. The van der Waals surface area contributed by atoms with Gasteiger partial charge < -0.3 is 15.6 Å². The lowest BCUT2D eigenvalue weighted by atomic mass is 10.1. The molecular formula is C14H14FN3O3S. The molecule has 1 aliphatic heterocycles. The molecule has 1 fully saturated rings. The summed E-state index contributed by atoms with van der Waals surface area (Å²) in [5.74, 6) is -0.567. The Morgan fingerprint density at radius 1 is 1.45 bits per heavy atom. The van der Waals surface area contributed by atoms with Crippen LogP contribution in [0.25, 0.3) is 10.8 Å². The standard InChI is InChI=1S/C14H14FN3O3S/c15-13-10-6-9(21-4-3-16)2-1-8(10)5-11(19)14(13)18-7-12(20)17-22-18/h1-2,5-6,19H,3-4,7,16H2,(H,17,20). The minimum atomic E-state index is -0.600. The number of ether oxygens (including phenoxy) is 1. The van der Waals surface area contributed by atoms with Gasteiger partial charge in [0, 0.05) is 11.9 Å². The number of nitrogens with two attached hydrogens (primary N) is 1. The fourth-order valence-corrected chi connectivity index (χ4v) is 2.96. The third-order valence-corrected chi connectivity index (χ3v) is 4.05. The van der Waals surface area contributed by atoms with Gasteiger partial charge in [-0.05, 0) is 23.6 Å². The van der Waals surface area contributed by atoms with Gasteiger partial charge in [-0.25, -0.2) is 4.39 Å². The summed E-state index contributed by atoms with van der Waals surface area (Å²) >= 11 is 0.945. The predicted molar refractivity (Wildman–Crippen MR) is 83.2 cm³/mol. The summed E-state index contributed by atoms with van der Waals surface area (Å²) in [5.41, 5.74) is 5.36. The molecule has 1 saturated heterocycles. The summed E-state index contributed by atoms with van der Waals surface area (Å²) in [6, 6.07) is 6.36. The van der Waals surface area contributed by atoms with E-state index in [0.717, 1.165) is 12.1 Å². The van der Waals surface area contributed by atoms with Crippen LogP contribution in [-0.2, 0) is 4.79 Å². The maximum Gasteiger partial charge on any atom is 0.251 e. The monoisotopic (exact) mass is 323 g/mol. The highest BCUT2D eigenvalue weighted by molar-refractivity contribution is 7.99. The maximum absolute atomic E-state index is 14.8. The first-order valence-corrected chi connectivity index (χ1v) is 7.39. The molecule has 22 heavy (non-hydrogen) atoms. The number of rotatable bonds is 4. The van der Waals surface area contributed by atoms with Crippen molar-refractivity contribution in [3.63, 3.8) is 0 Å². The average molecular weight is 323 g/mol. The third-order valence-electron chi connectivity index (χ3n) is 3.20. The molecule has 4 N–H and O–H groups in total. The van der Waals surface area contributed by atoms with E-state index in [-0.39, 0.29) is 23.9 Å². The minimum absolute atomic E-state index is 0.0215. The second-order valence-electron chi connectivity index (χ2n) is 4.73. The molecule has 2 aromatic carbocycles. The van der Waals surface area contributed by atoms with Gasteiger partial charge in [-0.15, -0.1) is 0 Å². The molecule has 0 bridgehead atoms. The molecule has 1 aliphatic rings. The number of aromatic hydroxyl groups is 1. The lowest BCUT2D eigenvalue weighted by Gasteiger charge is -2.17. The van der Waals surface area contributed by atoms with Gasteiger partial charge in [0.15, 0.2) is 5.82 Å². The molecule has 0 saturated carbocycles. The molecule has 6 nitrogen and oxygen atoms in total. The van der Waals surface area contributed by atoms with Crippen LogP contribution in [0.2, 0.25) is 0 Å². The molecule has 0 aliphatic carbocycles. The van der Waals surface area contributed by atoms with E-state index in [0.29, 0.717) is 29.7 Å². The minimum Gasteiger partial charge on any atom is -0.506 e. The number of hydrogen-bond acceptors (Lipinski definition) is 6. The second kappa shape index (κ2) is 5.90. The number of amides is 1. The summed E-state index contributed by atoms with van der Waals surface area (Å²) in [7, 11) is 0. The number of phenolic OH excluding ortho intramolecular Hbond substituents is 1. The number of nitrogens with zero attached hydrogens (tertiary/aromatic N) is 1. The Hall–Kier alpha value is -2.19. The SMILES string of the molecule is NCCOc1ccc2cc(O)c(N3CC(=O)NS3)c(F)c2c1. The van der Waals surface area contributed by atoms with Crippen molar-refractivity contribution in [1.82, 2.24) is 4.72 Å². The molecule has 8 heteroatoms. The first kappa shape index (κ1) is 14.7. The quantitative estimate of drug-likeness (QED) is 0.740. The van der Waals surface area contributed by atoms with E-state index in [1.165, 1.54) is 10.4 Å². The number of nitrogens with one attached hydrogen (secondary N) is 1. The molecular weight excluding hydrogens is 309 g/mol. The molecule has 1 heterocycles. The first-order valence-electron chi connectivity index (χ1n) is 6.61. The van der Waals surface area contributed by atoms with Crippen LogP contribution >= 0.6 is 12.1 Å². The fourth-order valence-electron chi connectivity index (χ4n) is 2.24. The highest BCUT2D eigenvalue weighted by Crippen LogP contribution is 2.40. The van der Waals surface area contributed by atoms with Gasteiger partial charge in [-0.1, -0.05) is 6.07 Å². The van der Waals surface area contributed by atoms with E-state index in [4.69, 9.17) is 10.5 Å². The van der Waals surface area contributed by atoms with E-state index in [1.807, 2.05) is 0 Å². The molecule has 1 amide bonds. The topological polar surface area (TPSA) is 87.8 Å². The normalized spacial score (nSPS) is 14.5. The molecule has 0 radical (unpaired) electrons. The van der Waals surface area contributed by atoms with Crippen LogP contribution in [0, 0.1) is 5.82 Å². The largest absolute Gasteiger partial charge is 0.506 e. The number of phenols is 1. The second-order valence-corrected chi connectivity index (χ2v) is 5.56. The Morgan fingerprint density at radius 3 is 2.95 bits per heavy atom. The molecule has 0 unspecified atom stereocenters. The molecule has 0 aromatic heterocycles. The van der Waals surface area contributed by atoms with Crippen molar-refractivity contribution in [2.75, 3.05) is 24.0 Å². The summed E-state index contributed by atoms with van der Waals surface area (Å²) < 4.78 is 24.0. The number of benzene rings is 2. The van der Waals surface area contributed by atoms with Crippen molar-refractivity contribution in [2.24, 2.45) is 5.73 Å². The van der Waals surface area contributed by atoms with Gasteiger partial charge in [0.2, 0.25) is 0 Å².